The van der Waals surface area contributed by atoms with E-state index in [-0.39, 0.29) is 52.6 Å². The third-order valence-electron chi connectivity index (χ3n) is 9.21. The summed E-state index contributed by atoms with van der Waals surface area (Å²) in [5, 5.41) is 19.5. The second kappa shape index (κ2) is 23.1. The highest BCUT2D eigenvalue weighted by Gasteiger charge is 2.36. The predicted molar refractivity (Wildman–Crippen MR) is 252 cm³/mol. The van der Waals surface area contributed by atoms with Gasteiger partial charge in [-0.25, -0.2) is 26.9 Å². The molecule has 2 amide bonds. The number of amides is 2. The van der Waals surface area contributed by atoms with Gasteiger partial charge in [0.2, 0.25) is 0 Å². The second-order valence-electron chi connectivity index (χ2n) is 15.0. The van der Waals surface area contributed by atoms with Crippen LogP contribution in [0, 0.1) is 0 Å². The molecule has 0 fully saturated rings. The monoisotopic (exact) mass is 1040 g/mol. The van der Waals surface area contributed by atoms with Gasteiger partial charge in [0.1, 0.15) is 11.4 Å². The van der Waals surface area contributed by atoms with Crippen molar-refractivity contribution in [3.05, 3.63) is 129 Å². The Morgan fingerprint density at radius 1 is 0.603 bits per heavy atom. The Morgan fingerprint density at radius 2 is 0.956 bits per heavy atom. The normalized spacial score (nSPS) is 11.4. The molecule has 0 saturated heterocycles. The molecule has 0 atom stereocenters. The van der Waals surface area contributed by atoms with Gasteiger partial charge >= 0.3 is 11.9 Å². The molecule has 360 valence electrons. The Kier molecular flexibility index (Phi) is 18.1. The molecule has 4 aromatic carbocycles. The molecule has 2 aromatic heterocycles. The Hall–Kier alpha value is -5.69. The highest BCUT2D eigenvalue weighted by molar-refractivity contribution is 6.33. The molecule has 2 heterocycles. The van der Waals surface area contributed by atoms with Crippen molar-refractivity contribution in [2.24, 2.45) is 0 Å². The Morgan fingerprint density at radius 3 is 1.26 bits per heavy atom. The summed E-state index contributed by atoms with van der Waals surface area (Å²) >= 11 is 30.6. The Labute approximate surface area is 412 Å². The van der Waals surface area contributed by atoms with Crippen LogP contribution in [0.25, 0.3) is 33.9 Å². The summed E-state index contributed by atoms with van der Waals surface area (Å²) in [7, 11) is 0. The molecule has 22 heteroatoms. The van der Waals surface area contributed by atoms with E-state index in [4.69, 9.17) is 67.5 Å². The van der Waals surface area contributed by atoms with Gasteiger partial charge in [-0.3, -0.25) is 19.2 Å². The number of esters is 2. The summed E-state index contributed by atoms with van der Waals surface area (Å²) in [6.07, 6.45) is 0. The molecule has 0 aliphatic rings. The molecule has 0 bridgehead atoms. The fourth-order valence-electron chi connectivity index (χ4n) is 6.58. The van der Waals surface area contributed by atoms with E-state index >= 15 is 0 Å². The number of aliphatic hydroxyl groups excluding tert-OH is 1. The molecule has 0 radical (unpaired) electrons. The fraction of sp³-hybridized carbons (Fsp3) is 0.261. The molecule has 1 N–H and O–H groups in total. The van der Waals surface area contributed by atoms with Crippen molar-refractivity contribution in [1.82, 2.24) is 29.4 Å². The first-order valence-corrected chi connectivity index (χ1v) is 22.2. The van der Waals surface area contributed by atoms with E-state index in [0.29, 0.717) is 51.4 Å². The number of hydrogen-bond donors (Lipinski definition) is 1. The van der Waals surface area contributed by atoms with Crippen LogP contribution in [0.2, 0.25) is 20.1 Å². The number of ether oxygens (including phenoxy) is 2. The zero-order valence-corrected chi connectivity index (χ0v) is 40.2. The number of halogens is 9. The quantitative estimate of drug-likeness (QED) is 0.0568. The SMILES string of the molecule is CC(=O)Oc1c(C(=O)N(CCCl)CC(C)(F)F)nn(-c2ccccc2Cl)c1-c1ccc(Cl)cc1.CC(=O)Oc1c(C(=O)N(CCO)CC(C)(F)F)nn(-c2ccccc2Cl)c1-c1ccc(Cl)cc1. The van der Waals surface area contributed by atoms with Crippen molar-refractivity contribution in [2.75, 3.05) is 38.7 Å². The summed E-state index contributed by atoms with van der Waals surface area (Å²) in [6.45, 7) is 0.668. The molecule has 6 aromatic rings. The van der Waals surface area contributed by atoms with Crippen LogP contribution in [0.5, 0.6) is 11.5 Å². The number of aliphatic hydroxyl groups is 1. The minimum atomic E-state index is -3.24. The van der Waals surface area contributed by atoms with E-state index < -0.39 is 61.0 Å². The highest BCUT2D eigenvalue weighted by Crippen LogP contribution is 2.40. The minimum absolute atomic E-state index is 0.0834. The zero-order valence-electron chi connectivity index (χ0n) is 36.5. The lowest BCUT2D eigenvalue weighted by atomic mass is 10.1. The van der Waals surface area contributed by atoms with E-state index in [1.165, 1.54) is 9.36 Å². The average Bonchev–Trinajstić information content (AvgIpc) is 3.81. The fourth-order valence-corrected chi connectivity index (χ4v) is 7.47. The standard InChI is InChI=1S/C23H20Cl3F2N3O3.C23H21Cl2F2N3O4/c1-14(32)34-21-19(22(33)30(12-11-24)13-23(2,27)28)29-31(18-6-4-3-5-17(18)26)20(21)15-7-9-16(25)10-8-15;1-14(32)34-21-19(22(33)29(11-12-31)13-23(2,26)27)28-30(18-6-4-3-5-17(18)25)20(21)15-7-9-16(24)10-8-15/h3-10H,11-13H2,1-2H3;3-10,31H,11-13H2,1-2H3. The first kappa shape index (κ1) is 53.3. The van der Waals surface area contributed by atoms with Crippen LogP contribution in [0.15, 0.2) is 97.1 Å². The van der Waals surface area contributed by atoms with Crippen molar-refractivity contribution >= 4 is 81.8 Å². The molecular formula is C46H41Cl5F4N6O7. The molecule has 0 aliphatic carbocycles. The number of nitrogens with zero attached hydrogens (tertiary/aromatic N) is 6. The number of rotatable bonds is 16. The van der Waals surface area contributed by atoms with E-state index in [2.05, 4.69) is 10.2 Å². The summed E-state index contributed by atoms with van der Waals surface area (Å²) < 4.78 is 68.6. The van der Waals surface area contributed by atoms with Crippen molar-refractivity contribution in [3.8, 4) is 45.4 Å². The van der Waals surface area contributed by atoms with Crippen LogP contribution in [0.1, 0.15) is 48.7 Å². The van der Waals surface area contributed by atoms with Crippen LogP contribution in [-0.2, 0) is 9.59 Å². The molecule has 13 nitrogen and oxygen atoms in total. The van der Waals surface area contributed by atoms with Gasteiger partial charge in [-0.1, -0.05) is 94.9 Å². The molecule has 6 rings (SSSR count). The van der Waals surface area contributed by atoms with Gasteiger partial charge in [-0.2, -0.15) is 10.2 Å². The maximum Gasteiger partial charge on any atom is 0.308 e. The molecule has 0 saturated carbocycles. The summed E-state index contributed by atoms with van der Waals surface area (Å²) in [4.78, 5) is 52.3. The first-order valence-electron chi connectivity index (χ1n) is 20.2. The average molecular weight is 1040 g/mol. The first-order chi connectivity index (χ1) is 32.0. The number of benzene rings is 4. The van der Waals surface area contributed by atoms with E-state index in [1.54, 1.807) is 97.1 Å². The number of para-hydroxylation sites is 2. The number of carbonyl (C=O) groups excluding carboxylic acids is 4. The third-order valence-corrected chi connectivity index (χ3v) is 10.5. The van der Waals surface area contributed by atoms with Crippen molar-refractivity contribution in [1.29, 1.82) is 0 Å². The van der Waals surface area contributed by atoms with E-state index in [0.717, 1.165) is 23.6 Å². The number of carbonyl (C=O) groups is 4. The van der Waals surface area contributed by atoms with Gasteiger partial charge in [0.05, 0.1) is 41.1 Å². The molecule has 0 spiro atoms. The summed E-state index contributed by atoms with van der Waals surface area (Å²) in [5.74, 6) is -10.2. The smallest absolute Gasteiger partial charge is 0.308 e. The summed E-state index contributed by atoms with van der Waals surface area (Å²) in [6, 6.07) is 26.3. The topological polar surface area (TPSA) is 149 Å². The van der Waals surface area contributed by atoms with Crippen LogP contribution < -0.4 is 9.47 Å². The zero-order chi connectivity index (χ0) is 50.1. The maximum absolute atomic E-state index is 13.8. The minimum Gasteiger partial charge on any atom is -0.422 e. The van der Waals surface area contributed by atoms with Crippen molar-refractivity contribution < 1.29 is 51.3 Å². The number of aromatic nitrogens is 4. The highest BCUT2D eigenvalue weighted by atomic mass is 35.5. The molecule has 68 heavy (non-hydrogen) atoms. The molecule has 0 unspecified atom stereocenters. The van der Waals surface area contributed by atoms with Gasteiger partial charge in [-0.15, -0.1) is 11.6 Å². The second-order valence-corrected chi connectivity index (χ2v) is 17.1. The maximum atomic E-state index is 13.8. The Balaban J connectivity index is 0.000000254. The lowest BCUT2D eigenvalue weighted by Crippen LogP contribution is -2.41. The van der Waals surface area contributed by atoms with Gasteiger partial charge in [0.15, 0.2) is 22.9 Å². The third kappa shape index (κ3) is 13.7. The lowest BCUT2D eigenvalue weighted by Gasteiger charge is -2.24. The van der Waals surface area contributed by atoms with Gasteiger partial charge in [-0.05, 0) is 48.5 Å². The van der Waals surface area contributed by atoms with Gasteiger partial charge in [0, 0.05) is 67.8 Å². The van der Waals surface area contributed by atoms with Crippen LogP contribution >= 0.6 is 58.0 Å². The number of hydrogen-bond acceptors (Lipinski definition) is 9. The Bertz CT molecular complexity index is 2580. The van der Waals surface area contributed by atoms with Crippen LogP contribution in [0.4, 0.5) is 17.6 Å². The summed E-state index contributed by atoms with van der Waals surface area (Å²) in [5.41, 5.74) is 1.39. The van der Waals surface area contributed by atoms with E-state index in [9.17, 15) is 41.8 Å². The van der Waals surface area contributed by atoms with Crippen LogP contribution in [0.3, 0.4) is 0 Å². The lowest BCUT2D eigenvalue weighted by molar-refractivity contribution is -0.132. The largest absolute Gasteiger partial charge is 0.422 e. The van der Waals surface area contributed by atoms with Gasteiger partial charge in [0.25, 0.3) is 23.7 Å². The van der Waals surface area contributed by atoms with E-state index in [1.807, 2.05) is 0 Å². The number of alkyl halides is 5. The predicted octanol–water partition coefficient (Wildman–Crippen LogP) is 11.0. The van der Waals surface area contributed by atoms with Crippen LogP contribution in [-0.4, -0.2) is 109 Å². The molecular weight excluding hydrogens is 1000 g/mol. The van der Waals surface area contributed by atoms with Gasteiger partial charge < -0.3 is 24.4 Å². The van der Waals surface area contributed by atoms with Crippen molar-refractivity contribution in [3.63, 3.8) is 0 Å². The van der Waals surface area contributed by atoms with Crippen molar-refractivity contribution in [2.45, 2.75) is 39.5 Å². The molecule has 0 aliphatic heterocycles.